The van der Waals surface area contributed by atoms with Gasteiger partial charge in [-0.1, -0.05) is 0 Å². The van der Waals surface area contributed by atoms with E-state index in [0.717, 1.165) is 6.42 Å². The summed E-state index contributed by atoms with van der Waals surface area (Å²) >= 11 is -2.02. The van der Waals surface area contributed by atoms with Gasteiger partial charge in [-0.2, -0.15) is 0 Å². The van der Waals surface area contributed by atoms with Gasteiger partial charge < -0.3 is 0 Å². The monoisotopic (exact) mass is 434 g/mol. The molecule has 0 fully saturated rings. The van der Waals surface area contributed by atoms with E-state index in [4.69, 9.17) is 0 Å². The number of unbranched alkanes of at least 4 members (excludes halogenated alkanes) is 3. The fourth-order valence-electron chi connectivity index (χ4n) is 3.89. The third-order valence-electron chi connectivity index (χ3n) is 5.59. The first-order valence-corrected chi connectivity index (χ1v) is 18.5. The maximum absolute atomic E-state index is 10.5. The number of hydrogen-bond acceptors (Lipinski definition) is 1. The first-order chi connectivity index (χ1) is 10.7. The fourth-order valence-corrected chi connectivity index (χ4v) is 21.9. The van der Waals surface area contributed by atoms with Crippen molar-refractivity contribution in [2.24, 2.45) is 11.3 Å². The zero-order chi connectivity index (χ0) is 17.9. The maximum atomic E-state index is 10.5. The Kier molecular flexibility index (Phi) is 12.6. The summed E-state index contributed by atoms with van der Waals surface area (Å²) in [6.07, 6.45) is 9.30. The Morgan fingerprint density at radius 1 is 0.826 bits per heavy atom. The second-order valence-corrected chi connectivity index (χ2v) is 23.2. The second kappa shape index (κ2) is 12.2. The van der Waals surface area contributed by atoms with E-state index in [1.165, 1.54) is 43.0 Å². The molecule has 1 nitrogen and oxygen atoms in total. The Balaban J connectivity index is 4.91. The number of hydrogen-bond donors (Lipinski definition) is 1. The third kappa shape index (κ3) is 10.4. The quantitative estimate of drug-likeness (QED) is 0.303. The summed E-state index contributed by atoms with van der Waals surface area (Å²) in [4.78, 5) is 0. The van der Waals surface area contributed by atoms with Crippen molar-refractivity contribution in [3.63, 3.8) is 0 Å². The molecule has 0 heterocycles. The fraction of sp³-hybridized carbons (Fsp3) is 1.00. The second-order valence-electron chi connectivity index (χ2n) is 9.24. The molecule has 0 saturated carbocycles. The van der Waals surface area contributed by atoms with E-state index in [0.29, 0.717) is 5.92 Å². The SMILES string of the molecule is CCC[CH2][Sn]([CH2]CCC)([CH2]CCC)[CH2][C@H](C)C[C@H](O)C(C)(C)C. The standard InChI is InChI=1S/C9H19O.3C4H9.Sn/c1-7(2)6-8(10)9(3,4)5;3*1-3-4-2;/h7-8,10H,1,6H2,2-5H3;3*1,3-4H2,2H3;/t7-,8+;;;;/m1..../s1. The van der Waals surface area contributed by atoms with Crippen molar-refractivity contribution < 1.29 is 5.11 Å². The summed E-state index contributed by atoms with van der Waals surface area (Å²) in [5.74, 6) is 0.714. The van der Waals surface area contributed by atoms with Crippen LogP contribution in [0.2, 0.25) is 17.7 Å². The minimum absolute atomic E-state index is 0.0305. The van der Waals surface area contributed by atoms with Crippen LogP contribution in [0, 0.1) is 11.3 Å². The zero-order valence-corrected chi connectivity index (χ0v) is 20.2. The van der Waals surface area contributed by atoms with E-state index in [1.54, 1.807) is 13.3 Å². The van der Waals surface area contributed by atoms with E-state index >= 15 is 0 Å². The van der Waals surface area contributed by atoms with Crippen molar-refractivity contribution in [3.8, 4) is 0 Å². The molecule has 0 aromatic rings. The Labute approximate surface area is 151 Å². The van der Waals surface area contributed by atoms with Crippen LogP contribution in [-0.2, 0) is 0 Å². The minimum atomic E-state index is -2.02. The van der Waals surface area contributed by atoms with E-state index in [-0.39, 0.29) is 11.5 Å². The molecule has 0 aromatic heterocycles. The normalized spacial score (nSPS) is 15.7. The molecule has 0 amide bonds. The van der Waals surface area contributed by atoms with Gasteiger partial charge in [0, 0.05) is 0 Å². The molecule has 0 aliphatic carbocycles. The molecular weight excluding hydrogens is 387 g/mol. The van der Waals surface area contributed by atoms with E-state index in [1.807, 2.05) is 0 Å². The molecule has 23 heavy (non-hydrogen) atoms. The summed E-state index contributed by atoms with van der Waals surface area (Å²) in [5, 5.41) is 10.5. The van der Waals surface area contributed by atoms with Crippen molar-refractivity contribution in [3.05, 3.63) is 0 Å². The molecule has 0 bridgehead atoms. The number of aliphatic hydroxyl groups excluding tert-OH is 1. The molecule has 0 saturated heterocycles. The van der Waals surface area contributed by atoms with Crippen LogP contribution in [-0.4, -0.2) is 29.6 Å². The Morgan fingerprint density at radius 2 is 1.22 bits per heavy atom. The molecule has 0 aliphatic rings. The van der Waals surface area contributed by atoms with Gasteiger partial charge in [-0.05, 0) is 0 Å². The van der Waals surface area contributed by atoms with Gasteiger partial charge in [-0.3, -0.25) is 0 Å². The molecule has 0 radical (unpaired) electrons. The molecule has 0 aromatic carbocycles. The van der Waals surface area contributed by atoms with E-state index < -0.39 is 18.4 Å². The van der Waals surface area contributed by atoms with Crippen molar-refractivity contribution in [2.45, 2.75) is 117 Å². The van der Waals surface area contributed by atoms with Gasteiger partial charge in [0.25, 0.3) is 0 Å². The van der Waals surface area contributed by atoms with Crippen molar-refractivity contribution in [1.82, 2.24) is 0 Å². The van der Waals surface area contributed by atoms with Crippen molar-refractivity contribution in [1.29, 1.82) is 0 Å². The van der Waals surface area contributed by atoms with E-state index in [9.17, 15) is 5.11 Å². The molecule has 0 spiro atoms. The van der Waals surface area contributed by atoms with Crippen LogP contribution in [0.3, 0.4) is 0 Å². The first kappa shape index (κ1) is 23.8. The van der Waals surface area contributed by atoms with Crippen LogP contribution in [0.5, 0.6) is 0 Å². The van der Waals surface area contributed by atoms with Gasteiger partial charge in [0.2, 0.25) is 0 Å². The van der Waals surface area contributed by atoms with Gasteiger partial charge >= 0.3 is 152 Å². The molecule has 2 atom stereocenters. The molecular formula is C21H46OSn. The van der Waals surface area contributed by atoms with Crippen LogP contribution in [0.15, 0.2) is 0 Å². The average molecular weight is 433 g/mol. The van der Waals surface area contributed by atoms with Gasteiger partial charge in [-0.15, -0.1) is 0 Å². The van der Waals surface area contributed by atoms with Gasteiger partial charge in [0.15, 0.2) is 0 Å². The van der Waals surface area contributed by atoms with Crippen molar-refractivity contribution >= 4 is 18.4 Å². The van der Waals surface area contributed by atoms with Crippen LogP contribution in [0.1, 0.15) is 93.4 Å². The summed E-state index contributed by atoms with van der Waals surface area (Å²) in [6, 6.07) is 0. The van der Waals surface area contributed by atoms with Crippen LogP contribution in [0.25, 0.3) is 0 Å². The first-order valence-electron chi connectivity index (χ1n) is 10.4. The molecule has 2 heteroatoms. The van der Waals surface area contributed by atoms with Crippen LogP contribution in [0.4, 0.5) is 0 Å². The molecule has 0 rings (SSSR count). The predicted octanol–water partition coefficient (Wildman–Crippen LogP) is 7.27. The third-order valence-corrected chi connectivity index (χ3v) is 22.2. The molecule has 0 aliphatic heterocycles. The Bertz CT molecular complexity index is 260. The number of aliphatic hydroxyl groups is 1. The topological polar surface area (TPSA) is 20.2 Å². The van der Waals surface area contributed by atoms with Gasteiger partial charge in [0.1, 0.15) is 0 Å². The van der Waals surface area contributed by atoms with Crippen LogP contribution >= 0.6 is 0 Å². The molecule has 140 valence electrons. The van der Waals surface area contributed by atoms with Gasteiger partial charge in [0.05, 0.1) is 0 Å². The van der Waals surface area contributed by atoms with E-state index in [2.05, 4.69) is 48.5 Å². The van der Waals surface area contributed by atoms with Gasteiger partial charge in [-0.25, -0.2) is 0 Å². The summed E-state index contributed by atoms with van der Waals surface area (Å²) in [6.45, 7) is 16.0. The Hall–Kier alpha value is 0.759. The van der Waals surface area contributed by atoms with Crippen LogP contribution < -0.4 is 0 Å². The number of rotatable bonds is 13. The average Bonchev–Trinajstić information content (AvgIpc) is 2.47. The predicted molar refractivity (Wildman–Crippen MR) is 109 cm³/mol. The Morgan fingerprint density at radius 3 is 1.52 bits per heavy atom. The van der Waals surface area contributed by atoms with Crippen molar-refractivity contribution in [2.75, 3.05) is 0 Å². The molecule has 0 unspecified atom stereocenters. The summed E-state index contributed by atoms with van der Waals surface area (Å²) < 4.78 is 6.31. The zero-order valence-electron chi connectivity index (χ0n) is 17.4. The summed E-state index contributed by atoms with van der Waals surface area (Å²) in [5.41, 5.74) is 0.0305. The molecule has 1 N–H and O–H groups in total. The summed E-state index contributed by atoms with van der Waals surface area (Å²) in [7, 11) is 0.